The third kappa shape index (κ3) is 7.49. The smallest absolute Gasteiger partial charge is 0.276 e. The summed E-state index contributed by atoms with van der Waals surface area (Å²) in [6.45, 7) is 8.05. The Morgan fingerprint density at radius 1 is 1.20 bits per heavy atom. The average Bonchev–Trinajstić information content (AvgIpc) is 3.29. The number of carbonyl (C=O) groups excluding carboxylic acids is 1. The van der Waals surface area contributed by atoms with E-state index in [2.05, 4.69) is 29.5 Å². The molecule has 9 nitrogen and oxygen atoms in total. The zero-order valence-electron chi connectivity index (χ0n) is 21.6. The molecule has 1 aromatic heterocycles. The molecular formula is C26H41N5O4. The number of nitrogens with zero attached hydrogens (tertiary/aromatic N) is 4. The summed E-state index contributed by atoms with van der Waals surface area (Å²) >= 11 is 0. The number of aliphatic hydroxyl groups excluding tert-OH is 1. The van der Waals surface area contributed by atoms with Crippen LogP contribution >= 0.6 is 0 Å². The second kappa shape index (κ2) is 13.6. The Morgan fingerprint density at radius 2 is 1.94 bits per heavy atom. The summed E-state index contributed by atoms with van der Waals surface area (Å²) in [5.74, 6) is 1.54. The summed E-state index contributed by atoms with van der Waals surface area (Å²) in [7, 11) is 3.33. The lowest BCUT2D eigenvalue weighted by Gasteiger charge is -2.34. The zero-order valence-corrected chi connectivity index (χ0v) is 21.6. The van der Waals surface area contributed by atoms with E-state index in [1.54, 1.807) is 18.9 Å². The molecule has 0 radical (unpaired) electrons. The van der Waals surface area contributed by atoms with E-state index in [1.807, 2.05) is 29.2 Å². The molecule has 1 aromatic carbocycles. The van der Waals surface area contributed by atoms with Crippen molar-refractivity contribution in [3.63, 3.8) is 0 Å². The summed E-state index contributed by atoms with van der Waals surface area (Å²) in [6, 6.07) is 7.61. The maximum Gasteiger partial charge on any atom is 0.276 e. The van der Waals surface area contributed by atoms with Gasteiger partial charge in [-0.05, 0) is 74.2 Å². The fraction of sp³-hybridized carbons (Fsp3) is 0.654. The fourth-order valence-electron chi connectivity index (χ4n) is 4.71. The average molecular weight is 488 g/mol. The van der Waals surface area contributed by atoms with Crippen LogP contribution in [0.15, 0.2) is 24.3 Å². The van der Waals surface area contributed by atoms with Crippen LogP contribution in [0.2, 0.25) is 0 Å². The second-order valence-corrected chi connectivity index (χ2v) is 9.86. The number of hydrogen-bond acceptors (Lipinski definition) is 7. The van der Waals surface area contributed by atoms with Crippen LogP contribution in [-0.4, -0.2) is 84.5 Å². The maximum atomic E-state index is 13.9. The molecule has 9 heteroatoms. The highest BCUT2D eigenvalue weighted by Crippen LogP contribution is 2.22. The lowest BCUT2D eigenvalue weighted by atomic mass is 9.90. The van der Waals surface area contributed by atoms with Gasteiger partial charge in [0.15, 0.2) is 5.69 Å². The van der Waals surface area contributed by atoms with E-state index in [0.717, 1.165) is 49.5 Å². The molecule has 0 unspecified atom stereocenters. The normalized spacial score (nSPS) is 18.1. The van der Waals surface area contributed by atoms with Gasteiger partial charge in [0, 0.05) is 40.0 Å². The number of aromatic nitrogens is 3. The highest BCUT2D eigenvalue weighted by Gasteiger charge is 2.29. The second-order valence-electron chi connectivity index (χ2n) is 9.86. The summed E-state index contributed by atoms with van der Waals surface area (Å²) in [5.41, 5.74) is 2.08. The molecule has 1 aliphatic heterocycles. The van der Waals surface area contributed by atoms with Gasteiger partial charge < -0.3 is 24.8 Å². The molecular weight excluding hydrogens is 446 g/mol. The van der Waals surface area contributed by atoms with Crippen LogP contribution in [0, 0.1) is 17.8 Å². The number of ether oxygens (including phenoxy) is 2. The quantitative estimate of drug-likeness (QED) is 0.419. The van der Waals surface area contributed by atoms with Crippen LogP contribution in [0.25, 0.3) is 5.69 Å². The van der Waals surface area contributed by atoms with Gasteiger partial charge in [0.25, 0.3) is 5.91 Å². The Morgan fingerprint density at radius 3 is 2.60 bits per heavy atom. The molecule has 194 valence electrons. The Balaban J connectivity index is 1.87. The Bertz CT molecular complexity index is 915. The number of piperidine rings is 1. The first-order valence-electron chi connectivity index (χ1n) is 12.7. The van der Waals surface area contributed by atoms with Crippen molar-refractivity contribution in [3.8, 4) is 11.4 Å². The van der Waals surface area contributed by atoms with Crippen molar-refractivity contribution in [1.29, 1.82) is 0 Å². The minimum Gasteiger partial charge on any atom is -0.497 e. The van der Waals surface area contributed by atoms with Crippen LogP contribution in [0.1, 0.15) is 49.3 Å². The minimum absolute atomic E-state index is 0.0775. The van der Waals surface area contributed by atoms with Gasteiger partial charge >= 0.3 is 0 Å². The van der Waals surface area contributed by atoms with Crippen LogP contribution in [0.3, 0.4) is 0 Å². The van der Waals surface area contributed by atoms with Crippen LogP contribution in [0.5, 0.6) is 5.75 Å². The topological polar surface area (TPSA) is 102 Å². The molecule has 2 atom stereocenters. The molecule has 0 saturated carbocycles. The van der Waals surface area contributed by atoms with Crippen molar-refractivity contribution in [2.24, 2.45) is 17.8 Å². The van der Waals surface area contributed by atoms with Gasteiger partial charge in [-0.2, -0.15) is 0 Å². The van der Waals surface area contributed by atoms with E-state index in [-0.39, 0.29) is 18.4 Å². The lowest BCUT2D eigenvalue weighted by molar-refractivity contribution is 0.0665. The number of carbonyl (C=O) groups is 1. The van der Waals surface area contributed by atoms with Crippen LogP contribution in [0.4, 0.5) is 0 Å². The molecule has 0 bridgehead atoms. The molecule has 3 rings (SSSR count). The Labute approximate surface area is 208 Å². The minimum atomic E-state index is -0.0775. The first-order chi connectivity index (χ1) is 17.0. The fourth-order valence-corrected chi connectivity index (χ4v) is 4.71. The molecule has 2 N–H and O–H groups in total. The van der Waals surface area contributed by atoms with Crippen molar-refractivity contribution < 1.29 is 19.4 Å². The van der Waals surface area contributed by atoms with E-state index < -0.39 is 0 Å². The molecule has 1 aliphatic rings. The molecule has 2 heterocycles. The Hall–Kier alpha value is -2.49. The van der Waals surface area contributed by atoms with Gasteiger partial charge in [-0.1, -0.05) is 19.1 Å². The molecule has 1 fully saturated rings. The highest BCUT2D eigenvalue weighted by molar-refractivity contribution is 5.93. The number of benzene rings is 1. The number of aliphatic hydroxyl groups is 1. The summed E-state index contributed by atoms with van der Waals surface area (Å²) in [6.07, 6.45) is 3.35. The summed E-state index contributed by atoms with van der Waals surface area (Å²) < 4.78 is 12.3. The van der Waals surface area contributed by atoms with Crippen LogP contribution < -0.4 is 10.1 Å². The highest BCUT2D eigenvalue weighted by atomic mass is 16.5. The molecule has 0 spiro atoms. The largest absolute Gasteiger partial charge is 0.497 e. The predicted molar refractivity (Wildman–Crippen MR) is 135 cm³/mol. The number of methoxy groups -OCH3 is 2. The number of amides is 1. The van der Waals surface area contributed by atoms with E-state index in [1.165, 1.54) is 0 Å². The number of unbranched alkanes of at least 4 members (excludes halogenated alkanes) is 1. The van der Waals surface area contributed by atoms with Crippen molar-refractivity contribution in [2.75, 3.05) is 53.6 Å². The standard InChI is InChI=1S/C26H41N5O4/c1-19(2)16-30(17-20-13-21(18-32)15-27-14-20)26(33)25-24(7-5-6-12-34-3)31(29-28-25)22-8-10-23(35-4)11-9-22/h8-11,19-21,27,32H,5-7,12-18H2,1-4H3/t20-,21+/m0/s1. The van der Waals surface area contributed by atoms with Crippen molar-refractivity contribution in [3.05, 3.63) is 35.7 Å². The van der Waals surface area contributed by atoms with Crippen molar-refractivity contribution in [1.82, 2.24) is 25.2 Å². The third-order valence-corrected chi connectivity index (χ3v) is 6.44. The van der Waals surface area contributed by atoms with Gasteiger partial charge in [0.05, 0.1) is 18.5 Å². The Kier molecular flexibility index (Phi) is 10.5. The first kappa shape index (κ1) is 27.1. The van der Waals surface area contributed by atoms with Gasteiger partial charge in [-0.25, -0.2) is 4.68 Å². The molecule has 35 heavy (non-hydrogen) atoms. The predicted octanol–water partition coefficient (Wildman–Crippen LogP) is 2.56. The van der Waals surface area contributed by atoms with E-state index in [0.29, 0.717) is 43.6 Å². The summed E-state index contributed by atoms with van der Waals surface area (Å²) in [5, 5.41) is 21.8. The number of nitrogens with one attached hydrogen (secondary N) is 1. The van der Waals surface area contributed by atoms with E-state index in [4.69, 9.17) is 9.47 Å². The summed E-state index contributed by atoms with van der Waals surface area (Å²) in [4.78, 5) is 15.8. The van der Waals surface area contributed by atoms with Gasteiger partial charge in [-0.15, -0.1) is 5.10 Å². The monoisotopic (exact) mass is 487 g/mol. The van der Waals surface area contributed by atoms with Crippen LogP contribution in [-0.2, 0) is 11.2 Å². The van der Waals surface area contributed by atoms with Gasteiger partial charge in [0.1, 0.15) is 5.75 Å². The maximum absolute atomic E-state index is 13.9. The number of hydrogen-bond donors (Lipinski definition) is 2. The number of rotatable bonds is 13. The van der Waals surface area contributed by atoms with Crippen molar-refractivity contribution >= 4 is 5.91 Å². The van der Waals surface area contributed by atoms with Crippen molar-refractivity contribution in [2.45, 2.75) is 39.5 Å². The molecule has 1 amide bonds. The lowest BCUT2D eigenvalue weighted by Crippen LogP contribution is -2.45. The third-order valence-electron chi connectivity index (χ3n) is 6.44. The van der Waals surface area contributed by atoms with Gasteiger partial charge in [0.2, 0.25) is 0 Å². The molecule has 0 aliphatic carbocycles. The molecule has 1 saturated heterocycles. The first-order valence-corrected chi connectivity index (χ1v) is 12.7. The molecule has 2 aromatic rings. The SMILES string of the molecule is COCCCCc1c(C(=O)N(CC(C)C)C[C@@H]2CNC[C@H](CO)C2)nnn1-c1ccc(OC)cc1. The van der Waals surface area contributed by atoms with E-state index in [9.17, 15) is 9.90 Å². The zero-order chi connectivity index (χ0) is 25.2. The van der Waals surface area contributed by atoms with E-state index >= 15 is 0 Å². The van der Waals surface area contributed by atoms with Gasteiger partial charge in [-0.3, -0.25) is 4.79 Å².